The van der Waals surface area contributed by atoms with Crippen molar-refractivity contribution in [3.8, 4) is 0 Å². The molecule has 17 heavy (non-hydrogen) atoms. The molecule has 1 saturated heterocycles. The van der Waals surface area contributed by atoms with Crippen molar-refractivity contribution in [3.63, 3.8) is 0 Å². The summed E-state index contributed by atoms with van der Waals surface area (Å²) in [5, 5.41) is 2.23. The maximum absolute atomic E-state index is 12.3. The summed E-state index contributed by atoms with van der Waals surface area (Å²) in [6, 6.07) is 0.368. The Kier molecular flexibility index (Phi) is 3.99. The lowest BCUT2D eigenvalue weighted by Gasteiger charge is -2.28. The average Bonchev–Trinajstić information content (AvgIpc) is 2.64. The van der Waals surface area contributed by atoms with E-state index in [1.165, 1.54) is 24.2 Å². The summed E-state index contributed by atoms with van der Waals surface area (Å²) >= 11 is 1.33. The second kappa shape index (κ2) is 5.49. The normalized spacial score (nSPS) is 21.2. The minimum Gasteiger partial charge on any atom is -0.375 e. The fourth-order valence-electron chi connectivity index (χ4n) is 2.40. The van der Waals surface area contributed by atoms with Gasteiger partial charge in [0.05, 0.1) is 0 Å². The lowest BCUT2D eigenvalue weighted by atomic mass is 10.1. The number of aromatic nitrogens is 1. The third-order valence-electron chi connectivity index (χ3n) is 3.35. The molecule has 1 aromatic heterocycles. The van der Waals surface area contributed by atoms with Gasteiger partial charge < -0.3 is 10.6 Å². The van der Waals surface area contributed by atoms with Crippen LogP contribution in [0, 0.1) is 0 Å². The zero-order valence-electron chi connectivity index (χ0n) is 10.2. The maximum atomic E-state index is 12.3. The van der Waals surface area contributed by atoms with Gasteiger partial charge in [-0.2, -0.15) is 0 Å². The number of hydrogen-bond acceptors (Lipinski definition) is 4. The van der Waals surface area contributed by atoms with E-state index in [9.17, 15) is 4.79 Å². The molecule has 0 spiro atoms. The first kappa shape index (κ1) is 12.4. The molecule has 1 aliphatic rings. The van der Waals surface area contributed by atoms with Crippen molar-refractivity contribution < 1.29 is 4.79 Å². The number of hydrogen-bond donors (Lipinski definition) is 1. The zero-order valence-corrected chi connectivity index (χ0v) is 11.0. The zero-order chi connectivity index (χ0) is 12.3. The Morgan fingerprint density at radius 3 is 3.06 bits per heavy atom. The van der Waals surface area contributed by atoms with Gasteiger partial charge in [-0.1, -0.05) is 19.8 Å². The van der Waals surface area contributed by atoms with Crippen molar-refractivity contribution in [2.45, 2.75) is 45.1 Å². The number of likely N-dealkylation sites (tertiary alicyclic amines) is 1. The Morgan fingerprint density at radius 1 is 1.59 bits per heavy atom. The first-order valence-corrected chi connectivity index (χ1v) is 7.12. The molecule has 1 fully saturated rings. The molecule has 1 aliphatic heterocycles. The Bertz CT molecular complexity index is 391. The van der Waals surface area contributed by atoms with Gasteiger partial charge in [-0.15, -0.1) is 11.3 Å². The number of nitrogens with zero attached hydrogens (tertiary/aromatic N) is 2. The second-order valence-corrected chi connectivity index (χ2v) is 5.37. The first-order chi connectivity index (χ1) is 8.22. The molecule has 94 valence electrons. The summed E-state index contributed by atoms with van der Waals surface area (Å²) in [6.07, 6.45) is 5.68. The van der Waals surface area contributed by atoms with E-state index in [1.807, 2.05) is 4.90 Å². The number of carbonyl (C=O) groups is 1. The number of amides is 1. The van der Waals surface area contributed by atoms with Gasteiger partial charge in [0.2, 0.25) is 0 Å². The lowest BCUT2D eigenvalue weighted by Crippen LogP contribution is -2.39. The molecule has 1 amide bonds. The van der Waals surface area contributed by atoms with E-state index in [-0.39, 0.29) is 5.91 Å². The van der Waals surface area contributed by atoms with Crippen LogP contribution in [0.15, 0.2) is 5.38 Å². The highest BCUT2D eigenvalue weighted by Gasteiger charge is 2.26. The largest absolute Gasteiger partial charge is 0.375 e. The maximum Gasteiger partial charge on any atom is 0.273 e. The molecule has 5 heteroatoms. The molecule has 4 nitrogen and oxygen atoms in total. The van der Waals surface area contributed by atoms with Crippen LogP contribution < -0.4 is 5.73 Å². The van der Waals surface area contributed by atoms with Crippen LogP contribution in [-0.2, 0) is 0 Å². The van der Waals surface area contributed by atoms with Crippen molar-refractivity contribution in [2.24, 2.45) is 0 Å². The molecule has 1 unspecified atom stereocenters. The predicted octanol–water partition coefficient (Wildman–Crippen LogP) is 2.52. The highest BCUT2D eigenvalue weighted by atomic mass is 32.1. The van der Waals surface area contributed by atoms with Gasteiger partial charge in [-0.05, 0) is 19.3 Å². The van der Waals surface area contributed by atoms with E-state index in [1.54, 1.807) is 5.38 Å². The van der Waals surface area contributed by atoms with Crippen LogP contribution in [-0.4, -0.2) is 28.4 Å². The van der Waals surface area contributed by atoms with Crippen LogP contribution in [0.25, 0.3) is 0 Å². The summed E-state index contributed by atoms with van der Waals surface area (Å²) in [6.45, 7) is 3.00. The van der Waals surface area contributed by atoms with E-state index in [0.717, 1.165) is 25.8 Å². The summed E-state index contributed by atoms with van der Waals surface area (Å²) in [5.41, 5.74) is 6.09. The molecule has 2 N–H and O–H groups in total. The van der Waals surface area contributed by atoms with Crippen molar-refractivity contribution in [2.75, 3.05) is 12.3 Å². The Hall–Kier alpha value is -1.10. The van der Waals surface area contributed by atoms with E-state index >= 15 is 0 Å². The Labute approximate surface area is 106 Å². The number of rotatable bonds is 2. The number of thiazole rings is 1. The molecule has 0 radical (unpaired) electrons. The number of nitrogen functional groups attached to an aromatic ring is 1. The standard InChI is InChI=1S/C12H19N3OS/c1-2-9-6-4-3-5-7-15(9)11(16)10-8-17-12(13)14-10/h8-9H,2-7H2,1H3,(H2,13,14). The third-order valence-corrected chi connectivity index (χ3v) is 4.02. The van der Waals surface area contributed by atoms with Crippen molar-refractivity contribution >= 4 is 22.4 Å². The van der Waals surface area contributed by atoms with Crippen LogP contribution in [0.4, 0.5) is 5.13 Å². The number of anilines is 1. The highest BCUT2D eigenvalue weighted by Crippen LogP contribution is 2.22. The molecule has 2 rings (SSSR count). The van der Waals surface area contributed by atoms with E-state index in [4.69, 9.17) is 5.73 Å². The van der Waals surface area contributed by atoms with Crippen LogP contribution >= 0.6 is 11.3 Å². The molecule has 0 aromatic carbocycles. The van der Waals surface area contributed by atoms with Gasteiger partial charge in [-0.25, -0.2) is 4.98 Å². The molecule has 0 bridgehead atoms. The molecule has 1 aromatic rings. The van der Waals surface area contributed by atoms with Gasteiger partial charge in [-0.3, -0.25) is 4.79 Å². The van der Waals surface area contributed by atoms with Gasteiger partial charge in [0.15, 0.2) is 5.13 Å². The summed E-state index contributed by atoms with van der Waals surface area (Å²) in [4.78, 5) is 18.4. The minimum atomic E-state index is 0.0479. The van der Waals surface area contributed by atoms with Crippen molar-refractivity contribution in [3.05, 3.63) is 11.1 Å². The van der Waals surface area contributed by atoms with E-state index < -0.39 is 0 Å². The van der Waals surface area contributed by atoms with E-state index in [0.29, 0.717) is 16.9 Å². The van der Waals surface area contributed by atoms with Gasteiger partial charge in [0, 0.05) is 18.0 Å². The summed E-state index contributed by atoms with van der Waals surface area (Å²) in [7, 11) is 0. The van der Waals surface area contributed by atoms with Crippen LogP contribution in [0.3, 0.4) is 0 Å². The lowest BCUT2D eigenvalue weighted by molar-refractivity contribution is 0.0673. The van der Waals surface area contributed by atoms with Crippen molar-refractivity contribution in [1.82, 2.24) is 9.88 Å². The molecule has 0 saturated carbocycles. The SMILES string of the molecule is CCC1CCCCCN1C(=O)c1csc(N)n1. The molecular formula is C12H19N3OS. The predicted molar refractivity (Wildman–Crippen MR) is 70.1 cm³/mol. The smallest absolute Gasteiger partial charge is 0.273 e. The topological polar surface area (TPSA) is 59.2 Å². The molecule has 0 aliphatic carbocycles. The highest BCUT2D eigenvalue weighted by molar-refractivity contribution is 7.13. The first-order valence-electron chi connectivity index (χ1n) is 6.24. The quantitative estimate of drug-likeness (QED) is 0.881. The minimum absolute atomic E-state index is 0.0479. The van der Waals surface area contributed by atoms with Gasteiger partial charge in [0.1, 0.15) is 5.69 Å². The Balaban J connectivity index is 2.15. The monoisotopic (exact) mass is 253 g/mol. The van der Waals surface area contributed by atoms with Crippen molar-refractivity contribution in [1.29, 1.82) is 0 Å². The molecular weight excluding hydrogens is 234 g/mol. The molecule has 1 atom stereocenters. The van der Waals surface area contributed by atoms with Gasteiger partial charge in [0.25, 0.3) is 5.91 Å². The third kappa shape index (κ3) is 2.77. The molecule has 2 heterocycles. The number of nitrogens with two attached hydrogens (primary N) is 1. The summed E-state index contributed by atoms with van der Waals surface area (Å²) in [5.74, 6) is 0.0479. The van der Waals surface area contributed by atoms with Crippen LogP contribution in [0.1, 0.15) is 49.5 Å². The van der Waals surface area contributed by atoms with E-state index in [2.05, 4.69) is 11.9 Å². The van der Waals surface area contributed by atoms with Gasteiger partial charge >= 0.3 is 0 Å². The fraction of sp³-hybridized carbons (Fsp3) is 0.667. The second-order valence-electron chi connectivity index (χ2n) is 4.48. The van der Waals surface area contributed by atoms with Crippen LogP contribution in [0.2, 0.25) is 0 Å². The fourth-order valence-corrected chi connectivity index (χ4v) is 2.94. The Morgan fingerprint density at radius 2 is 2.41 bits per heavy atom. The van der Waals surface area contributed by atoms with Crippen LogP contribution in [0.5, 0.6) is 0 Å². The summed E-state index contributed by atoms with van der Waals surface area (Å²) < 4.78 is 0. The number of carbonyl (C=O) groups excluding carboxylic acids is 1. The average molecular weight is 253 g/mol.